The Kier molecular flexibility index (Phi) is 1.47. The van der Waals surface area contributed by atoms with Gasteiger partial charge in [0.15, 0.2) is 0 Å². The van der Waals surface area contributed by atoms with E-state index in [1.165, 1.54) is 6.08 Å². The zero-order valence-corrected chi connectivity index (χ0v) is 5.01. The van der Waals surface area contributed by atoms with E-state index in [-0.39, 0.29) is 0 Å². The molecule has 0 radical (unpaired) electrons. The molecule has 0 unspecified atom stereocenters. The summed E-state index contributed by atoms with van der Waals surface area (Å²) >= 11 is 0. The highest BCUT2D eigenvalue weighted by Crippen LogP contribution is 1.99. The summed E-state index contributed by atoms with van der Waals surface area (Å²) < 4.78 is 0. The van der Waals surface area contributed by atoms with Gasteiger partial charge in [-0.3, -0.25) is 0 Å². The lowest BCUT2D eigenvalue weighted by atomic mass is 10.3. The lowest BCUT2D eigenvalue weighted by Crippen LogP contribution is -1.74. The van der Waals surface area contributed by atoms with E-state index in [1.54, 1.807) is 12.3 Å². The normalized spacial score (nSPS) is 8.56. The molecular weight excluding hydrogens is 116 g/mol. The topological polar surface area (TPSA) is 45.8 Å². The van der Waals surface area contributed by atoms with Crippen LogP contribution in [0.4, 0.5) is 0 Å². The van der Waals surface area contributed by atoms with Crippen LogP contribution in [0.1, 0.15) is 11.4 Å². The number of aromatic amines is 1. The highest BCUT2D eigenvalue weighted by atomic mass is 16.1. The van der Waals surface area contributed by atoms with Gasteiger partial charge in [0.25, 0.3) is 0 Å². The van der Waals surface area contributed by atoms with Crippen molar-refractivity contribution < 1.29 is 4.79 Å². The van der Waals surface area contributed by atoms with E-state index >= 15 is 0 Å². The fourth-order valence-electron chi connectivity index (χ4n) is 0.571. The van der Waals surface area contributed by atoms with Gasteiger partial charge >= 0.3 is 0 Å². The average molecular weight is 122 g/mol. The van der Waals surface area contributed by atoms with Crippen molar-refractivity contribution in [3.63, 3.8) is 0 Å². The standard InChI is InChI=1S/C6H6N2O/c1-5-6(2-3-9)8-4-7-5/h2,4H,1H3,(H,7,8). The van der Waals surface area contributed by atoms with Gasteiger partial charge in [-0.25, -0.2) is 9.78 Å². The highest BCUT2D eigenvalue weighted by Gasteiger charge is 1.92. The molecule has 1 heterocycles. The zero-order chi connectivity index (χ0) is 6.69. The van der Waals surface area contributed by atoms with Gasteiger partial charge in [-0.2, -0.15) is 0 Å². The van der Waals surface area contributed by atoms with Gasteiger partial charge in [-0.1, -0.05) is 0 Å². The molecule has 0 aliphatic carbocycles. The molecule has 1 aromatic rings. The number of nitrogens with one attached hydrogen (secondary N) is 1. The summed E-state index contributed by atoms with van der Waals surface area (Å²) in [5.41, 5.74) is 1.54. The maximum Gasteiger partial charge on any atom is 0.126 e. The number of hydrogen-bond donors (Lipinski definition) is 1. The van der Waals surface area contributed by atoms with Crippen LogP contribution in [-0.2, 0) is 4.79 Å². The molecule has 0 aliphatic heterocycles. The molecule has 0 fully saturated rings. The number of imidazole rings is 1. The number of H-pyrrole nitrogens is 1. The maximum absolute atomic E-state index is 9.79. The lowest BCUT2D eigenvalue weighted by Gasteiger charge is -1.80. The smallest absolute Gasteiger partial charge is 0.126 e. The largest absolute Gasteiger partial charge is 0.348 e. The zero-order valence-electron chi connectivity index (χ0n) is 5.01. The van der Waals surface area contributed by atoms with Gasteiger partial charge in [-0.05, 0) is 6.92 Å². The van der Waals surface area contributed by atoms with Crippen LogP contribution in [0.25, 0.3) is 6.08 Å². The second kappa shape index (κ2) is 2.29. The quantitative estimate of drug-likeness (QED) is 0.553. The van der Waals surface area contributed by atoms with Gasteiger partial charge in [0.2, 0.25) is 0 Å². The molecule has 0 saturated carbocycles. The Balaban J connectivity index is 3.07. The number of aromatic nitrogens is 2. The van der Waals surface area contributed by atoms with Crippen molar-refractivity contribution in [3.05, 3.63) is 17.7 Å². The minimum Gasteiger partial charge on any atom is -0.348 e. The summed E-state index contributed by atoms with van der Waals surface area (Å²) in [5, 5.41) is 0. The third-order valence-corrected chi connectivity index (χ3v) is 1.06. The molecular formula is C6H6N2O. The molecule has 1 N–H and O–H groups in total. The summed E-state index contributed by atoms with van der Waals surface area (Å²) in [4.78, 5) is 16.5. The van der Waals surface area contributed by atoms with Crippen molar-refractivity contribution >= 4 is 12.0 Å². The Labute approximate surface area is 52.4 Å². The highest BCUT2D eigenvalue weighted by molar-refractivity contribution is 5.73. The van der Waals surface area contributed by atoms with Crippen molar-refractivity contribution in [3.8, 4) is 0 Å². The average Bonchev–Trinajstić information content (AvgIpc) is 2.18. The van der Waals surface area contributed by atoms with Crippen molar-refractivity contribution in [2.45, 2.75) is 6.92 Å². The van der Waals surface area contributed by atoms with Crippen molar-refractivity contribution in [2.75, 3.05) is 0 Å². The maximum atomic E-state index is 9.79. The van der Waals surface area contributed by atoms with Crippen LogP contribution in [0.3, 0.4) is 0 Å². The summed E-state index contributed by atoms with van der Waals surface area (Å²) in [6, 6.07) is 0. The van der Waals surface area contributed by atoms with E-state index in [4.69, 9.17) is 0 Å². The van der Waals surface area contributed by atoms with E-state index < -0.39 is 0 Å². The van der Waals surface area contributed by atoms with Gasteiger partial charge in [0, 0.05) is 11.8 Å². The van der Waals surface area contributed by atoms with Crippen LogP contribution in [0.5, 0.6) is 0 Å². The number of rotatable bonds is 1. The first kappa shape index (κ1) is 5.79. The van der Waals surface area contributed by atoms with Crippen molar-refractivity contribution in [1.82, 2.24) is 9.97 Å². The summed E-state index contributed by atoms with van der Waals surface area (Å²) in [6.45, 7) is 1.84. The molecule has 0 bridgehead atoms. The fourth-order valence-corrected chi connectivity index (χ4v) is 0.571. The fraction of sp³-hybridized carbons (Fsp3) is 0.167. The van der Waals surface area contributed by atoms with E-state index in [0.717, 1.165) is 5.69 Å². The van der Waals surface area contributed by atoms with Gasteiger partial charge in [0.1, 0.15) is 5.94 Å². The Bertz CT molecular complexity index is 245. The molecule has 0 aromatic carbocycles. The monoisotopic (exact) mass is 122 g/mol. The number of nitrogens with zero attached hydrogens (tertiary/aromatic N) is 1. The van der Waals surface area contributed by atoms with Gasteiger partial charge < -0.3 is 4.98 Å². The summed E-state index contributed by atoms with van der Waals surface area (Å²) in [7, 11) is 0. The van der Waals surface area contributed by atoms with E-state index in [0.29, 0.717) is 5.69 Å². The number of hydrogen-bond acceptors (Lipinski definition) is 2. The molecule has 0 spiro atoms. The van der Waals surface area contributed by atoms with E-state index in [1.807, 2.05) is 6.92 Å². The second-order valence-electron chi connectivity index (χ2n) is 1.67. The van der Waals surface area contributed by atoms with Crippen LogP contribution in [0.15, 0.2) is 6.33 Å². The van der Waals surface area contributed by atoms with Gasteiger partial charge in [-0.15, -0.1) is 0 Å². The minimum absolute atomic E-state index is 0.657. The SMILES string of the molecule is Cc1[nH]cnc1C=C=O. The Morgan fingerprint density at radius 1 is 1.89 bits per heavy atom. The molecule has 1 rings (SSSR count). The molecule has 1 aromatic heterocycles. The van der Waals surface area contributed by atoms with Crippen molar-refractivity contribution in [2.24, 2.45) is 0 Å². The second-order valence-corrected chi connectivity index (χ2v) is 1.67. The van der Waals surface area contributed by atoms with Crippen LogP contribution in [0.2, 0.25) is 0 Å². The first-order valence-electron chi connectivity index (χ1n) is 2.55. The predicted molar refractivity (Wildman–Crippen MR) is 33.5 cm³/mol. The molecule has 3 heteroatoms. The Hall–Kier alpha value is -1.34. The number of carbonyl (C=O) groups excluding carboxylic acids is 1. The molecule has 3 nitrogen and oxygen atoms in total. The van der Waals surface area contributed by atoms with Crippen LogP contribution < -0.4 is 0 Å². The van der Waals surface area contributed by atoms with E-state index in [9.17, 15) is 4.79 Å². The third-order valence-electron chi connectivity index (χ3n) is 1.06. The molecule has 0 atom stereocenters. The Morgan fingerprint density at radius 2 is 2.67 bits per heavy atom. The number of aryl methyl sites for hydroxylation is 1. The molecule has 0 aliphatic rings. The van der Waals surface area contributed by atoms with Crippen LogP contribution >= 0.6 is 0 Å². The molecule has 0 amide bonds. The first-order chi connectivity index (χ1) is 4.34. The van der Waals surface area contributed by atoms with Gasteiger partial charge in [0.05, 0.1) is 12.0 Å². The van der Waals surface area contributed by atoms with Crippen molar-refractivity contribution in [1.29, 1.82) is 0 Å². The molecule has 0 saturated heterocycles. The third kappa shape index (κ3) is 1.06. The molecule has 9 heavy (non-hydrogen) atoms. The first-order valence-corrected chi connectivity index (χ1v) is 2.55. The lowest BCUT2D eigenvalue weighted by molar-refractivity contribution is 0.570. The summed E-state index contributed by atoms with van der Waals surface area (Å²) in [6.07, 6.45) is 2.84. The van der Waals surface area contributed by atoms with E-state index in [2.05, 4.69) is 9.97 Å². The Morgan fingerprint density at radius 3 is 3.11 bits per heavy atom. The van der Waals surface area contributed by atoms with Crippen LogP contribution in [-0.4, -0.2) is 15.9 Å². The van der Waals surface area contributed by atoms with Crippen LogP contribution in [0, 0.1) is 6.92 Å². The minimum atomic E-state index is 0.657. The molecule has 46 valence electrons. The predicted octanol–water partition coefficient (Wildman–Crippen LogP) is 0.563. The summed E-state index contributed by atoms with van der Waals surface area (Å²) in [5.74, 6) is 1.65.